The summed E-state index contributed by atoms with van der Waals surface area (Å²) in [6.07, 6.45) is 4.43. The van der Waals surface area contributed by atoms with Crippen molar-refractivity contribution in [3.63, 3.8) is 0 Å². The number of pyridine rings is 1. The lowest BCUT2D eigenvalue weighted by Crippen LogP contribution is -2.26. The van der Waals surface area contributed by atoms with E-state index >= 15 is 0 Å². The Morgan fingerprint density at radius 2 is 1.63 bits per heavy atom. The van der Waals surface area contributed by atoms with Gasteiger partial charge >= 0.3 is 0 Å². The molecule has 1 N–H and O–H groups in total. The Morgan fingerprint density at radius 3 is 2.27 bits per heavy atom. The average Bonchev–Trinajstić information content (AvgIpc) is 3.40. The molecular formula is C32H22F2N4O3. The fourth-order valence-electron chi connectivity index (χ4n) is 4.47. The van der Waals surface area contributed by atoms with Crippen LogP contribution in [0.15, 0.2) is 95.9 Å². The number of aromatic hydroxyl groups is 1. The molecule has 0 amide bonds. The molecule has 2 heterocycles. The molecule has 0 atom stereocenters. The summed E-state index contributed by atoms with van der Waals surface area (Å²) in [5.41, 5.74) is 1.66. The van der Waals surface area contributed by atoms with Gasteiger partial charge in [0.1, 0.15) is 23.3 Å². The van der Waals surface area contributed by atoms with Crippen molar-refractivity contribution < 1.29 is 18.7 Å². The van der Waals surface area contributed by atoms with Gasteiger partial charge in [0, 0.05) is 17.3 Å². The van der Waals surface area contributed by atoms with Crippen molar-refractivity contribution >= 4 is 11.9 Å². The maximum absolute atomic E-state index is 13.6. The number of nitrogens with zero attached hydrogens (tertiary/aromatic N) is 4. The van der Waals surface area contributed by atoms with E-state index in [9.17, 15) is 28.7 Å². The number of rotatable bonds is 7. The second-order valence-electron chi connectivity index (χ2n) is 9.25. The van der Waals surface area contributed by atoms with Crippen LogP contribution in [0.3, 0.4) is 0 Å². The predicted molar refractivity (Wildman–Crippen MR) is 150 cm³/mol. The number of hydrogen-bond donors (Lipinski definition) is 1. The highest BCUT2D eigenvalue weighted by Gasteiger charge is 2.23. The molecule has 7 nitrogen and oxygen atoms in total. The van der Waals surface area contributed by atoms with E-state index in [0.29, 0.717) is 22.4 Å². The summed E-state index contributed by atoms with van der Waals surface area (Å²) >= 11 is 0. The minimum absolute atomic E-state index is 0.0405. The van der Waals surface area contributed by atoms with E-state index < -0.39 is 28.9 Å². The average molecular weight is 549 g/mol. The molecule has 0 aliphatic rings. The van der Waals surface area contributed by atoms with Gasteiger partial charge in [-0.3, -0.25) is 14.2 Å². The fraction of sp³-hybridized carbons (Fsp3) is 0.0625. The van der Waals surface area contributed by atoms with Crippen molar-refractivity contribution in [2.75, 3.05) is 0 Å². The highest BCUT2D eigenvalue weighted by atomic mass is 19.1. The number of nitriles is 1. The van der Waals surface area contributed by atoms with Crippen molar-refractivity contribution in [3.05, 3.63) is 141 Å². The molecule has 5 aromatic rings. The molecule has 0 unspecified atom stereocenters. The monoisotopic (exact) mass is 548 g/mol. The van der Waals surface area contributed by atoms with Gasteiger partial charge in [-0.1, -0.05) is 30.3 Å². The SMILES string of the molecule is Cc1c(C(=O)/C=C/c2cn(-c3ccccc3)nc2-c2ccc(F)cc2)c(O)n(Cc2ccc(F)cc2)c(=O)c1C#N. The molecule has 0 aliphatic heterocycles. The van der Waals surface area contributed by atoms with E-state index in [2.05, 4.69) is 5.10 Å². The van der Waals surface area contributed by atoms with Crippen LogP contribution >= 0.6 is 0 Å². The molecule has 0 bridgehead atoms. The molecule has 0 saturated carbocycles. The topological polar surface area (TPSA) is 101 Å². The lowest BCUT2D eigenvalue weighted by atomic mass is 10.00. The molecule has 0 saturated heterocycles. The molecule has 2 aromatic heterocycles. The molecule has 0 fully saturated rings. The van der Waals surface area contributed by atoms with Crippen LogP contribution < -0.4 is 5.56 Å². The first-order valence-electron chi connectivity index (χ1n) is 12.5. The van der Waals surface area contributed by atoms with Gasteiger partial charge in [-0.2, -0.15) is 10.4 Å². The summed E-state index contributed by atoms with van der Waals surface area (Å²) in [5.74, 6) is -2.13. The number of ketones is 1. The number of para-hydroxylation sites is 1. The summed E-state index contributed by atoms with van der Waals surface area (Å²) in [7, 11) is 0. The van der Waals surface area contributed by atoms with E-state index in [1.807, 2.05) is 36.4 Å². The number of aromatic nitrogens is 3. The van der Waals surface area contributed by atoms with Gasteiger partial charge in [0.2, 0.25) is 5.88 Å². The largest absolute Gasteiger partial charge is 0.494 e. The Kier molecular flexibility index (Phi) is 7.39. The van der Waals surface area contributed by atoms with Gasteiger partial charge < -0.3 is 5.11 Å². The van der Waals surface area contributed by atoms with E-state index in [1.54, 1.807) is 23.0 Å². The van der Waals surface area contributed by atoms with E-state index in [4.69, 9.17) is 0 Å². The van der Waals surface area contributed by atoms with Gasteiger partial charge in [0.05, 0.1) is 23.5 Å². The molecule has 9 heteroatoms. The van der Waals surface area contributed by atoms with Gasteiger partial charge in [0.15, 0.2) is 5.78 Å². The zero-order valence-corrected chi connectivity index (χ0v) is 21.8. The molecular weight excluding hydrogens is 526 g/mol. The molecule has 41 heavy (non-hydrogen) atoms. The predicted octanol–water partition coefficient (Wildman–Crippen LogP) is 5.81. The van der Waals surface area contributed by atoms with Crippen molar-refractivity contribution in [2.45, 2.75) is 13.5 Å². The lowest BCUT2D eigenvalue weighted by molar-refractivity contribution is 0.104. The van der Waals surface area contributed by atoms with Crippen molar-refractivity contribution in [2.24, 2.45) is 0 Å². The Labute approximate surface area is 233 Å². The first-order chi connectivity index (χ1) is 19.8. The second kappa shape index (κ2) is 11.2. The first-order valence-corrected chi connectivity index (χ1v) is 12.5. The number of halogens is 2. The quantitative estimate of drug-likeness (QED) is 0.204. The summed E-state index contributed by atoms with van der Waals surface area (Å²) in [5, 5.41) is 25.3. The van der Waals surface area contributed by atoms with Crippen LogP contribution in [0.4, 0.5) is 8.78 Å². The number of allylic oxidation sites excluding steroid dienone is 1. The summed E-state index contributed by atoms with van der Waals surface area (Å²) < 4.78 is 29.5. The van der Waals surface area contributed by atoms with E-state index in [1.165, 1.54) is 55.5 Å². The number of carbonyl (C=O) groups excluding carboxylic acids is 1. The van der Waals surface area contributed by atoms with Crippen molar-refractivity contribution in [1.29, 1.82) is 5.26 Å². The van der Waals surface area contributed by atoms with Gasteiger partial charge in [0.25, 0.3) is 5.56 Å². The summed E-state index contributed by atoms with van der Waals surface area (Å²) in [6.45, 7) is 1.24. The Balaban J connectivity index is 1.57. The molecule has 5 rings (SSSR count). The zero-order chi connectivity index (χ0) is 29.1. The van der Waals surface area contributed by atoms with Crippen molar-refractivity contribution in [1.82, 2.24) is 14.3 Å². The Morgan fingerprint density at radius 1 is 1.00 bits per heavy atom. The van der Waals surface area contributed by atoms with Crippen LogP contribution in [-0.4, -0.2) is 25.2 Å². The van der Waals surface area contributed by atoms with Gasteiger partial charge in [-0.05, 0) is 78.7 Å². The third-order valence-corrected chi connectivity index (χ3v) is 6.60. The molecule has 0 radical (unpaired) electrons. The second-order valence-corrected chi connectivity index (χ2v) is 9.25. The lowest BCUT2D eigenvalue weighted by Gasteiger charge is -2.15. The van der Waals surface area contributed by atoms with Crippen LogP contribution in [0, 0.1) is 29.9 Å². The fourth-order valence-corrected chi connectivity index (χ4v) is 4.47. The van der Waals surface area contributed by atoms with Gasteiger partial charge in [-0.15, -0.1) is 0 Å². The van der Waals surface area contributed by atoms with Crippen molar-refractivity contribution in [3.8, 4) is 28.9 Å². The minimum Gasteiger partial charge on any atom is -0.494 e. The highest BCUT2D eigenvalue weighted by molar-refractivity contribution is 6.09. The van der Waals surface area contributed by atoms with Crippen LogP contribution in [-0.2, 0) is 6.54 Å². The maximum atomic E-state index is 13.6. The first kappa shape index (κ1) is 27.0. The molecule has 3 aromatic carbocycles. The van der Waals surface area contributed by atoms with Crippen LogP contribution in [0.1, 0.15) is 32.6 Å². The van der Waals surface area contributed by atoms with Crippen LogP contribution in [0.2, 0.25) is 0 Å². The Hall–Kier alpha value is -5.62. The van der Waals surface area contributed by atoms with E-state index in [-0.39, 0.29) is 23.2 Å². The van der Waals surface area contributed by atoms with E-state index in [0.717, 1.165) is 10.3 Å². The maximum Gasteiger partial charge on any atom is 0.271 e. The normalized spacial score (nSPS) is 11.1. The number of hydrogen-bond acceptors (Lipinski definition) is 5. The summed E-state index contributed by atoms with van der Waals surface area (Å²) in [6, 6.07) is 22.2. The third kappa shape index (κ3) is 5.44. The summed E-state index contributed by atoms with van der Waals surface area (Å²) in [4.78, 5) is 26.4. The minimum atomic E-state index is -0.768. The van der Waals surface area contributed by atoms with Gasteiger partial charge in [-0.25, -0.2) is 13.5 Å². The molecule has 0 aliphatic carbocycles. The highest BCUT2D eigenvalue weighted by Crippen LogP contribution is 2.27. The standard InChI is InChI=1S/C32H22F2N4O3/c1-20-27(17-35)31(40)37(18-21-7-12-24(33)13-8-21)32(41)29(20)28(39)16-11-23-19-38(26-5-3-2-4-6-26)36-30(23)22-9-14-25(34)15-10-22/h2-16,19,41H,18H2,1H3/b16-11+. The third-order valence-electron chi connectivity index (χ3n) is 6.60. The molecule has 202 valence electrons. The Bertz CT molecular complexity index is 1880. The number of benzene rings is 3. The zero-order valence-electron chi connectivity index (χ0n) is 21.8. The van der Waals surface area contributed by atoms with Crippen LogP contribution in [0.5, 0.6) is 5.88 Å². The van der Waals surface area contributed by atoms with Crippen LogP contribution in [0.25, 0.3) is 23.0 Å². The smallest absolute Gasteiger partial charge is 0.271 e. The number of carbonyl (C=O) groups is 1. The molecule has 0 spiro atoms.